The van der Waals surface area contributed by atoms with Crippen molar-refractivity contribution in [2.24, 2.45) is 5.92 Å². The van der Waals surface area contributed by atoms with Crippen LogP contribution < -0.4 is 10.8 Å². The average molecular weight is 443 g/mol. The van der Waals surface area contributed by atoms with E-state index in [9.17, 15) is 4.79 Å². The summed E-state index contributed by atoms with van der Waals surface area (Å²) in [6.07, 6.45) is 17.0. The number of carbonyl (C=O) groups excluding carboxylic acids is 1. The van der Waals surface area contributed by atoms with Gasteiger partial charge >= 0.3 is 0 Å². The van der Waals surface area contributed by atoms with Crippen molar-refractivity contribution in [3.05, 3.63) is 30.0 Å². The zero-order chi connectivity index (χ0) is 22.0. The van der Waals surface area contributed by atoms with Crippen molar-refractivity contribution in [3.63, 3.8) is 0 Å². The van der Waals surface area contributed by atoms with Crippen molar-refractivity contribution >= 4 is 17.8 Å². The van der Waals surface area contributed by atoms with Crippen LogP contribution in [0.2, 0.25) is 0 Å². The number of amides is 1. The fraction of sp³-hybridized carbons (Fsp3) is 0.680. The molecule has 1 atom stereocenters. The first-order valence-electron chi connectivity index (χ1n) is 12.4. The molecule has 1 amide bonds. The molecule has 1 aromatic rings. The molecule has 3 fully saturated rings. The van der Waals surface area contributed by atoms with E-state index in [1.165, 1.54) is 70.7 Å². The molecule has 1 aliphatic carbocycles. The monoisotopic (exact) mass is 442 g/mol. The number of hydroxylamine groups is 1. The third kappa shape index (κ3) is 7.57. The molecule has 1 aromatic heterocycles. The highest BCUT2D eigenvalue weighted by atomic mass is 16.8. The Balaban J connectivity index is 1.14. The zero-order valence-corrected chi connectivity index (χ0v) is 19.1. The quantitative estimate of drug-likeness (QED) is 0.466. The molecule has 7 heteroatoms. The molecule has 0 spiro atoms. The molecule has 0 aromatic carbocycles. The van der Waals surface area contributed by atoms with Gasteiger partial charge in [-0.05, 0) is 68.2 Å². The number of ether oxygens (including phenoxy) is 1. The Morgan fingerprint density at radius 2 is 1.91 bits per heavy atom. The average Bonchev–Trinajstić information content (AvgIpc) is 2.85. The number of anilines is 1. The highest BCUT2D eigenvalue weighted by Crippen LogP contribution is 2.26. The van der Waals surface area contributed by atoms with Gasteiger partial charge in [0.05, 0.1) is 0 Å². The number of nitrogens with one attached hydrogen (secondary N) is 2. The molecule has 7 nitrogen and oxygen atoms in total. The maximum Gasteiger partial charge on any atom is 0.267 e. The first-order chi connectivity index (χ1) is 15.7. The third-order valence-electron chi connectivity index (χ3n) is 6.82. The van der Waals surface area contributed by atoms with Gasteiger partial charge in [-0.15, -0.1) is 0 Å². The summed E-state index contributed by atoms with van der Waals surface area (Å²) in [6.45, 7) is 4.33. The van der Waals surface area contributed by atoms with Crippen LogP contribution in [0, 0.1) is 5.92 Å². The van der Waals surface area contributed by atoms with Crippen LogP contribution in [0.4, 0.5) is 5.82 Å². The molecule has 1 saturated carbocycles. The number of rotatable bonds is 8. The molecule has 3 heterocycles. The molecule has 176 valence electrons. The molecule has 2 N–H and O–H groups in total. The van der Waals surface area contributed by atoms with Gasteiger partial charge in [0.2, 0.25) is 0 Å². The van der Waals surface area contributed by atoms with Crippen LogP contribution in [-0.2, 0) is 14.4 Å². The Morgan fingerprint density at radius 3 is 2.62 bits per heavy atom. The van der Waals surface area contributed by atoms with E-state index in [4.69, 9.17) is 9.57 Å². The standard InChI is InChI=1S/C25H38N4O3/c30-24(28-32-25-8-4-5-17-31-25)12-10-20-9-11-23(26-18-20)27-22-13-15-29(16-14-22)19-21-6-2-1-3-7-21/h9-12,18,21-22,25H,1-8,13-17,19H2,(H,26,27)(H,28,30)/b12-10+. The van der Waals surface area contributed by atoms with Crippen LogP contribution >= 0.6 is 0 Å². The summed E-state index contributed by atoms with van der Waals surface area (Å²) in [4.78, 5) is 24.4. The second-order valence-corrected chi connectivity index (χ2v) is 9.41. The number of pyridine rings is 1. The van der Waals surface area contributed by atoms with Gasteiger partial charge in [-0.3, -0.25) is 4.79 Å². The van der Waals surface area contributed by atoms with Gasteiger partial charge < -0.3 is 15.0 Å². The van der Waals surface area contributed by atoms with E-state index in [0.717, 1.165) is 36.6 Å². The number of carbonyl (C=O) groups is 1. The Labute approximate surface area is 191 Å². The lowest BCUT2D eigenvalue weighted by Crippen LogP contribution is -2.41. The first-order valence-corrected chi connectivity index (χ1v) is 12.4. The maximum absolute atomic E-state index is 11.9. The minimum Gasteiger partial charge on any atom is -0.367 e. The first kappa shape index (κ1) is 23.2. The van der Waals surface area contributed by atoms with Gasteiger partial charge in [-0.25, -0.2) is 15.3 Å². The van der Waals surface area contributed by atoms with Crippen LogP contribution in [0.25, 0.3) is 6.08 Å². The van der Waals surface area contributed by atoms with Crippen molar-refractivity contribution in [2.45, 2.75) is 76.5 Å². The summed E-state index contributed by atoms with van der Waals surface area (Å²) in [5.41, 5.74) is 3.31. The summed E-state index contributed by atoms with van der Waals surface area (Å²) in [6, 6.07) is 4.44. The summed E-state index contributed by atoms with van der Waals surface area (Å²) < 4.78 is 5.43. The van der Waals surface area contributed by atoms with E-state index in [1.54, 1.807) is 12.3 Å². The van der Waals surface area contributed by atoms with E-state index in [2.05, 4.69) is 20.7 Å². The van der Waals surface area contributed by atoms with E-state index in [-0.39, 0.29) is 12.2 Å². The summed E-state index contributed by atoms with van der Waals surface area (Å²) in [7, 11) is 0. The van der Waals surface area contributed by atoms with Crippen LogP contribution in [0.1, 0.15) is 69.8 Å². The molecule has 0 bridgehead atoms. The van der Waals surface area contributed by atoms with E-state index >= 15 is 0 Å². The minimum absolute atomic E-state index is 0.304. The second-order valence-electron chi connectivity index (χ2n) is 9.41. The number of piperidine rings is 1. The van der Waals surface area contributed by atoms with Gasteiger partial charge in [-0.2, -0.15) is 0 Å². The van der Waals surface area contributed by atoms with Crippen molar-refractivity contribution in [1.82, 2.24) is 15.4 Å². The van der Waals surface area contributed by atoms with Gasteiger partial charge in [0.15, 0.2) is 6.29 Å². The van der Waals surface area contributed by atoms with Crippen LogP contribution in [0.5, 0.6) is 0 Å². The maximum atomic E-state index is 11.9. The van der Waals surface area contributed by atoms with Gasteiger partial charge in [-0.1, -0.05) is 19.3 Å². The van der Waals surface area contributed by atoms with E-state index < -0.39 is 0 Å². The fourth-order valence-corrected chi connectivity index (χ4v) is 4.93. The molecular formula is C25H38N4O3. The number of aromatic nitrogens is 1. The predicted octanol–water partition coefficient (Wildman–Crippen LogP) is 4.13. The molecule has 2 aliphatic heterocycles. The van der Waals surface area contributed by atoms with Crippen LogP contribution in [-0.4, -0.2) is 54.4 Å². The smallest absolute Gasteiger partial charge is 0.267 e. The Hall–Kier alpha value is -1.96. The highest BCUT2D eigenvalue weighted by molar-refractivity contribution is 5.90. The van der Waals surface area contributed by atoms with Crippen molar-refractivity contribution in [2.75, 3.05) is 31.6 Å². The number of nitrogens with zero attached hydrogens (tertiary/aromatic N) is 2. The normalized spacial score (nSPS) is 23.9. The lowest BCUT2D eigenvalue weighted by molar-refractivity contribution is -0.198. The molecule has 2 saturated heterocycles. The van der Waals surface area contributed by atoms with Crippen LogP contribution in [0.15, 0.2) is 24.4 Å². The molecule has 0 radical (unpaired) electrons. The second kappa shape index (κ2) is 12.3. The Bertz CT molecular complexity index is 719. The number of hydrogen-bond donors (Lipinski definition) is 2. The summed E-state index contributed by atoms with van der Waals surface area (Å²) in [5.74, 6) is 1.52. The van der Waals surface area contributed by atoms with Crippen molar-refractivity contribution < 1.29 is 14.4 Å². The van der Waals surface area contributed by atoms with Gasteiger partial charge in [0.1, 0.15) is 5.82 Å². The fourth-order valence-electron chi connectivity index (χ4n) is 4.93. The molecule has 3 aliphatic rings. The Morgan fingerprint density at radius 1 is 1.09 bits per heavy atom. The number of hydrogen-bond acceptors (Lipinski definition) is 6. The topological polar surface area (TPSA) is 75.7 Å². The van der Waals surface area contributed by atoms with E-state index in [0.29, 0.717) is 12.6 Å². The Kier molecular flexibility index (Phi) is 8.94. The molecule has 1 unspecified atom stereocenters. The molecule has 32 heavy (non-hydrogen) atoms. The van der Waals surface area contributed by atoms with E-state index in [1.807, 2.05) is 12.1 Å². The molecular weight excluding hydrogens is 404 g/mol. The van der Waals surface area contributed by atoms with Crippen molar-refractivity contribution in [1.29, 1.82) is 0 Å². The zero-order valence-electron chi connectivity index (χ0n) is 19.1. The van der Waals surface area contributed by atoms with Crippen LogP contribution in [0.3, 0.4) is 0 Å². The third-order valence-corrected chi connectivity index (χ3v) is 6.82. The summed E-state index contributed by atoms with van der Waals surface area (Å²) >= 11 is 0. The minimum atomic E-state index is -0.341. The lowest BCUT2D eigenvalue weighted by Gasteiger charge is -2.35. The predicted molar refractivity (Wildman–Crippen MR) is 126 cm³/mol. The molecule has 4 rings (SSSR count). The largest absolute Gasteiger partial charge is 0.367 e. The summed E-state index contributed by atoms with van der Waals surface area (Å²) in [5, 5.41) is 3.58. The van der Waals surface area contributed by atoms with Gasteiger partial charge in [0.25, 0.3) is 5.91 Å². The lowest BCUT2D eigenvalue weighted by atomic mass is 9.88. The van der Waals surface area contributed by atoms with Gasteiger partial charge in [0, 0.05) is 51.0 Å². The SMILES string of the molecule is O=C(/C=C/c1ccc(NC2CCN(CC3CCCCC3)CC2)nc1)NOC1CCCCO1. The number of likely N-dealkylation sites (tertiary alicyclic amines) is 1. The highest BCUT2D eigenvalue weighted by Gasteiger charge is 2.23. The van der Waals surface area contributed by atoms with Crippen molar-refractivity contribution in [3.8, 4) is 0 Å².